The number of benzene rings is 1. The van der Waals surface area contributed by atoms with Gasteiger partial charge in [-0.3, -0.25) is 0 Å². The highest BCUT2D eigenvalue weighted by atomic mass is 79.9. The number of rotatable bonds is 4. The third-order valence-electron chi connectivity index (χ3n) is 3.31. The van der Waals surface area contributed by atoms with Gasteiger partial charge in [0.15, 0.2) is 5.82 Å². The zero-order valence-electron chi connectivity index (χ0n) is 9.38. The fourth-order valence-electron chi connectivity index (χ4n) is 1.96. The highest BCUT2D eigenvalue weighted by Gasteiger charge is 2.42. The van der Waals surface area contributed by atoms with Crippen LogP contribution in [0.5, 0.6) is 0 Å². The lowest BCUT2D eigenvalue weighted by Gasteiger charge is -2.10. The molecule has 1 aromatic heterocycles. The molecule has 1 heterocycles. The number of hydrogen-bond acceptors (Lipinski definition) is 3. The van der Waals surface area contributed by atoms with Crippen molar-refractivity contribution in [2.24, 2.45) is 5.41 Å². The summed E-state index contributed by atoms with van der Waals surface area (Å²) in [5.41, 5.74) is 1.42. The van der Waals surface area contributed by atoms with Crippen LogP contribution in [0, 0.1) is 5.41 Å². The Morgan fingerprint density at radius 2 is 2.00 bits per heavy atom. The zero-order chi connectivity index (χ0) is 11.7. The van der Waals surface area contributed by atoms with E-state index in [-0.39, 0.29) is 0 Å². The van der Waals surface area contributed by atoms with E-state index >= 15 is 0 Å². The Labute approximate surface area is 108 Å². The molecule has 4 nitrogen and oxygen atoms in total. The van der Waals surface area contributed by atoms with E-state index in [1.165, 1.54) is 12.8 Å². The van der Waals surface area contributed by atoms with Crippen molar-refractivity contribution in [3.8, 4) is 5.69 Å². The van der Waals surface area contributed by atoms with Crippen molar-refractivity contribution < 1.29 is 0 Å². The summed E-state index contributed by atoms with van der Waals surface area (Å²) >= 11 is 3.58. The maximum absolute atomic E-state index is 4.15. The van der Waals surface area contributed by atoms with Crippen molar-refractivity contribution in [1.82, 2.24) is 20.2 Å². The molecule has 88 valence electrons. The van der Waals surface area contributed by atoms with Gasteiger partial charge in [0, 0.05) is 11.8 Å². The van der Waals surface area contributed by atoms with E-state index in [1.807, 2.05) is 35.0 Å². The molecule has 0 bridgehead atoms. The molecule has 1 fully saturated rings. The number of tetrazole rings is 1. The predicted molar refractivity (Wildman–Crippen MR) is 68.3 cm³/mol. The number of aromatic nitrogens is 4. The van der Waals surface area contributed by atoms with Crippen molar-refractivity contribution >= 4 is 15.9 Å². The summed E-state index contributed by atoms with van der Waals surface area (Å²) in [7, 11) is 0. The van der Waals surface area contributed by atoms with E-state index in [2.05, 4.69) is 31.5 Å². The minimum atomic E-state index is 0.390. The molecule has 0 atom stereocenters. The molecule has 2 aromatic rings. The van der Waals surface area contributed by atoms with Gasteiger partial charge in [0.25, 0.3) is 0 Å². The van der Waals surface area contributed by atoms with Gasteiger partial charge >= 0.3 is 0 Å². The van der Waals surface area contributed by atoms with Crippen LogP contribution in [0.1, 0.15) is 18.7 Å². The highest BCUT2D eigenvalue weighted by molar-refractivity contribution is 9.09. The average molecular weight is 293 g/mol. The maximum Gasteiger partial charge on any atom is 0.157 e. The van der Waals surface area contributed by atoms with Gasteiger partial charge in [-0.2, -0.15) is 4.68 Å². The molecule has 0 N–H and O–H groups in total. The second-order valence-corrected chi connectivity index (χ2v) is 5.21. The molecular weight excluding hydrogens is 280 g/mol. The van der Waals surface area contributed by atoms with Crippen LogP contribution in [0.25, 0.3) is 5.69 Å². The fourth-order valence-corrected chi connectivity index (χ4v) is 2.71. The SMILES string of the molecule is BrCC1(Cc2nnnn2-c2ccccc2)CC1. The second-order valence-electron chi connectivity index (χ2n) is 4.65. The molecule has 0 radical (unpaired) electrons. The molecule has 0 unspecified atom stereocenters. The summed E-state index contributed by atoms with van der Waals surface area (Å²) in [5, 5.41) is 13.0. The van der Waals surface area contributed by atoms with Gasteiger partial charge in [-0.25, -0.2) is 0 Å². The van der Waals surface area contributed by atoms with Crippen LogP contribution < -0.4 is 0 Å². The van der Waals surface area contributed by atoms with Crippen molar-refractivity contribution in [2.45, 2.75) is 19.3 Å². The smallest absolute Gasteiger partial charge is 0.157 e. The van der Waals surface area contributed by atoms with Gasteiger partial charge in [-0.05, 0) is 40.8 Å². The van der Waals surface area contributed by atoms with Crippen molar-refractivity contribution in [3.05, 3.63) is 36.2 Å². The number of para-hydroxylation sites is 1. The number of hydrogen-bond donors (Lipinski definition) is 0. The largest absolute Gasteiger partial charge is 0.197 e. The second kappa shape index (κ2) is 4.22. The first-order chi connectivity index (χ1) is 8.33. The normalized spacial score (nSPS) is 17.0. The van der Waals surface area contributed by atoms with Crippen LogP contribution in [0.4, 0.5) is 0 Å². The van der Waals surface area contributed by atoms with Crippen LogP contribution in [-0.2, 0) is 6.42 Å². The summed E-state index contributed by atoms with van der Waals surface area (Å²) in [6.45, 7) is 0. The number of nitrogens with zero attached hydrogens (tertiary/aromatic N) is 4. The Morgan fingerprint density at radius 1 is 1.24 bits per heavy atom. The topological polar surface area (TPSA) is 43.6 Å². The zero-order valence-corrected chi connectivity index (χ0v) is 11.0. The van der Waals surface area contributed by atoms with Crippen LogP contribution in [-0.4, -0.2) is 25.5 Å². The first kappa shape index (κ1) is 10.9. The third kappa shape index (κ3) is 2.11. The number of alkyl halides is 1. The molecule has 1 aromatic carbocycles. The van der Waals surface area contributed by atoms with Crippen LogP contribution in [0.2, 0.25) is 0 Å². The molecule has 0 aliphatic heterocycles. The van der Waals surface area contributed by atoms with E-state index in [9.17, 15) is 0 Å². The van der Waals surface area contributed by atoms with Gasteiger partial charge in [0.1, 0.15) is 0 Å². The van der Waals surface area contributed by atoms with Gasteiger partial charge in [0.05, 0.1) is 5.69 Å². The first-order valence-electron chi connectivity index (χ1n) is 5.72. The van der Waals surface area contributed by atoms with Crippen LogP contribution >= 0.6 is 15.9 Å². The Balaban J connectivity index is 1.90. The molecule has 1 saturated carbocycles. The lowest BCUT2D eigenvalue weighted by atomic mass is 10.1. The lowest BCUT2D eigenvalue weighted by Crippen LogP contribution is -2.12. The molecule has 3 rings (SSSR count). The summed E-state index contributed by atoms with van der Waals surface area (Å²) in [5.74, 6) is 0.952. The molecular formula is C12H13BrN4. The minimum Gasteiger partial charge on any atom is -0.197 e. The van der Waals surface area contributed by atoms with E-state index in [0.717, 1.165) is 23.3 Å². The fraction of sp³-hybridized carbons (Fsp3) is 0.417. The molecule has 17 heavy (non-hydrogen) atoms. The molecule has 1 aliphatic carbocycles. The Kier molecular flexibility index (Phi) is 2.70. The highest BCUT2D eigenvalue weighted by Crippen LogP contribution is 2.49. The van der Waals surface area contributed by atoms with E-state index in [1.54, 1.807) is 0 Å². The van der Waals surface area contributed by atoms with E-state index < -0.39 is 0 Å². The van der Waals surface area contributed by atoms with Gasteiger partial charge in [-0.15, -0.1) is 5.10 Å². The van der Waals surface area contributed by atoms with Gasteiger partial charge in [-0.1, -0.05) is 34.1 Å². The van der Waals surface area contributed by atoms with Crippen LogP contribution in [0.3, 0.4) is 0 Å². The van der Waals surface area contributed by atoms with E-state index in [4.69, 9.17) is 0 Å². The monoisotopic (exact) mass is 292 g/mol. The minimum absolute atomic E-state index is 0.390. The van der Waals surface area contributed by atoms with Gasteiger partial charge in [0.2, 0.25) is 0 Å². The van der Waals surface area contributed by atoms with Crippen LogP contribution in [0.15, 0.2) is 30.3 Å². The Morgan fingerprint density at radius 3 is 2.65 bits per heavy atom. The van der Waals surface area contributed by atoms with Crippen molar-refractivity contribution in [2.75, 3.05) is 5.33 Å². The van der Waals surface area contributed by atoms with Gasteiger partial charge < -0.3 is 0 Å². The summed E-state index contributed by atoms with van der Waals surface area (Å²) in [6, 6.07) is 10.0. The summed E-state index contributed by atoms with van der Waals surface area (Å²) in [4.78, 5) is 0. The summed E-state index contributed by atoms with van der Waals surface area (Å²) in [6.07, 6.45) is 3.47. The quantitative estimate of drug-likeness (QED) is 0.813. The summed E-state index contributed by atoms with van der Waals surface area (Å²) < 4.78 is 1.84. The standard InChI is InChI=1S/C12H13BrN4/c13-9-12(6-7-12)8-11-14-15-16-17(11)10-4-2-1-3-5-10/h1-5H,6-9H2. The Hall–Kier alpha value is -1.23. The molecule has 0 amide bonds. The molecule has 5 heteroatoms. The van der Waals surface area contributed by atoms with Crippen molar-refractivity contribution in [1.29, 1.82) is 0 Å². The van der Waals surface area contributed by atoms with Crippen molar-refractivity contribution in [3.63, 3.8) is 0 Å². The molecule has 0 saturated heterocycles. The maximum atomic E-state index is 4.15. The molecule has 1 aliphatic rings. The lowest BCUT2D eigenvalue weighted by molar-refractivity contribution is 0.553. The third-order valence-corrected chi connectivity index (χ3v) is 4.50. The molecule has 0 spiro atoms. The Bertz CT molecular complexity index is 504. The average Bonchev–Trinajstić information content (AvgIpc) is 3.00. The first-order valence-corrected chi connectivity index (χ1v) is 6.84. The number of halogens is 1. The predicted octanol–water partition coefficient (Wildman–Crippen LogP) is 2.38. The van der Waals surface area contributed by atoms with E-state index in [0.29, 0.717) is 5.41 Å².